The van der Waals surface area contributed by atoms with Gasteiger partial charge in [0.05, 0.1) is 36.6 Å². The Labute approximate surface area is 207 Å². The number of hydrogen-bond acceptors (Lipinski definition) is 6. The van der Waals surface area contributed by atoms with Gasteiger partial charge in [0.2, 0.25) is 0 Å². The van der Waals surface area contributed by atoms with E-state index >= 15 is 0 Å². The van der Waals surface area contributed by atoms with Crippen LogP contribution in [-0.2, 0) is 4.74 Å². The average Bonchev–Trinajstić information content (AvgIpc) is 3.41. The number of halogens is 2. The number of alkyl halides is 2. The Kier molecular flexibility index (Phi) is 5.70. The van der Waals surface area contributed by atoms with Gasteiger partial charge in [0.25, 0.3) is 12.3 Å². The molecule has 3 fully saturated rings. The molecule has 2 saturated heterocycles. The molecule has 192 valence electrons. The molecule has 2 aliphatic heterocycles. The molecule has 3 aromatic rings. The molecule has 1 saturated carbocycles. The lowest BCUT2D eigenvalue weighted by Gasteiger charge is -2.55. The van der Waals surface area contributed by atoms with Crippen LogP contribution >= 0.6 is 0 Å². The molecule has 36 heavy (non-hydrogen) atoms. The van der Waals surface area contributed by atoms with Crippen molar-refractivity contribution in [1.82, 2.24) is 24.4 Å². The zero-order valence-corrected chi connectivity index (χ0v) is 20.5. The highest BCUT2D eigenvalue weighted by atomic mass is 19.3. The van der Waals surface area contributed by atoms with E-state index in [1.807, 2.05) is 6.07 Å². The number of rotatable bonds is 6. The van der Waals surface area contributed by atoms with Crippen molar-refractivity contribution >= 4 is 23.1 Å². The first-order valence-electron chi connectivity index (χ1n) is 12.7. The summed E-state index contributed by atoms with van der Waals surface area (Å²) < 4.78 is 36.1. The lowest BCUT2D eigenvalue weighted by atomic mass is 9.78. The van der Waals surface area contributed by atoms with Crippen LogP contribution in [0.15, 0.2) is 24.7 Å². The summed E-state index contributed by atoms with van der Waals surface area (Å²) in [6.45, 7) is 7.71. The van der Waals surface area contributed by atoms with Crippen LogP contribution in [0.5, 0.6) is 0 Å². The molecule has 0 atom stereocenters. The van der Waals surface area contributed by atoms with Gasteiger partial charge in [0.1, 0.15) is 11.4 Å². The third kappa shape index (κ3) is 4.03. The van der Waals surface area contributed by atoms with Crippen LogP contribution in [0.25, 0.3) is 5.65 Å². The quantitative estimate of drug-likeness (QED) is 0.543. The van der Waals surface area contributed by atoms with E-state index in [9.17, 15) is 13.6 Å². The summed E-state index contributed by atoms with van der Waals surface area (Å²) in [5.41, 5.74) is 0.464. The maximum atomic E-state index is 13.8. The number of amides is 1. The van der Waals surface area contributed by atoms with Gasteiger partial charge in [0, 0.05) is 25.5 Å². The van der Waals surface area contributed by atoms with Gasteiger partial charge < -0.3 is 15.0 Å². The van der Waals surface area contributed by atoms with Crippen LogP contribution in [0.4, 0.5) is 20.3 Å². The maximum Gasteiger partial charge on any atom is 0.284 e. The molecule has 1 N–H and O–H groups in total. The number of carbonyl (C=O) groups excluding carboxylic acids is 1. The van der Waals surface area contributed by atoms with E-state index in [1.165, 1.54) is 10.7 Å². The molecule has 0 bridgehead atoms. The predicted octanol–water partition coefficient (Wildman–Crippen LogP) is 4.34. The molecular formula is C25H31F2N7O2. The molecule has 0 aromatic carbocycles. The maximum absolute atomic E-state index is 13.8. The van der Waals surface area contributed by atoms with Gasteiger partial charge >= 0.3 is 0 Å². The largest absolute Gasteiger partial charge is 0.380 e. The molecular weight excluding hydrogens is 468 g/mol. The molecule has 3 aliphatic rings. The van der Waals surface area contributed by atoms with Crippen molar-refractivity contribution in [2.45, 2.75) is 52.0 Å². The van der Waals surface area contributed by atoms with Crippen LogP contribution in [-0.4, -0.2) is 56.6 Å². The number of fused-ring (bicyclic) bond motifs is 1. The molecule has 0 unspecified atom stereocenters. The second-order valence-electron chi connectivity index (χ2n) is 10.9. The van der Waals surface area contributed by atoms with Gasteiger partial charge in [-0.3, -0.25) is 9.48 Å². The Hall–Kier alpha value is -3.08. The topological polar surface area (TPSA) is 89.6 Å². The molecule has 1 spiro atoms. The molecule has 1 amide bonds. The first-order chi connectivity index (χ1) is 17.3. The van der Waals surface area contributed by atoms with Crippen molar-refractivity contribution in [2.75, 3.05) is 36.5 Å². The summed E-state index contributed by atoms with van der Waals surface area (Å²) in [5, 5.41) is 11.1. The zero-order chi connectivity index (χ0) is 25.0. The first kappa shape index (κ1) is 23.3. The van der Waals surface area contributed by atoms with Crippen LogP contribution in [0, 0.1) is 17.3 Å². The third-order valence-electron chi connectivity index (χ3n) is 8.07. The van der Waals surface area contributed by atoms with E-state index in [-0.39, 0.29) is 22.7 Å². The van der Waals surface area contributed by atoms with Crippen molar-refractivity contribution in [3.05, 3.63) is 35.9 Å². The molecule has 1 aliphatic carbocycles. The summed E-state index contributed by atoms with van der Waals surface area (Å²) in [6, 6.07) is 1.92. The SMILES string of the molecule is CC(C)C1CCC(n2cc(NC(=O)c3cnn4ccc(N5CC6(COC6)C5)nc34)c(C(F)F)n2)CC1. The normalized spacial score (nSPS) is 23.3. The van der Waals surface area contributed by atoms with Crippen molar-refractivity contribution in [1.29, 1.82) is 0 Å². The minimum atomic E-state index is -2.79. The molecule has 3 aromatic heterocycles. The Morgan fingerprint density at radius 1 is 1.19 bits per heavy atom. The lowest BCUT2D eigenvalue weighted by molar-refractivity contribution is -0.127. The fraction of sp³-hybridized carbons (Fsp3) is 0.600. The van der Waals surface area contributed by atoms with Crippen molar-refractivity contribution in [2.24, 2.45) is 17.3 Å². The summed E-state index contributed by atoms with van der Waals surface area (Å²) in [4.78, 5) is 20.0. The van der Waals surface area contributed by atoms with Crippen LogP contribution in [0.3, 0.4) is 0 Å². The summed E-state index contributed by atoms with van der Waals surface area (Å²) in [6.07, 6.45) is 5.81. The fourth-order valence-electron chi connectivity index (χ4n) is 5.77. The second kappa shape index (κ2) is 8.79. The average molecular weight is 500 g/mol. The zero-order valence-electron chi connectivity index (χ0n) is 20.5. The highest BCUT2D eigenvalue weighted by Crippen LogP contribution is 2.40. The van der Waals surface area contributed by atoms with Gasteiger partial charge in [-0.2, -0.15) is 10.2 Å². The minimum Gasteiger partial charge on any atom is -0.380 e. The summed E-state index contributed by atoms with van der Waals surface area (Å²) in [7, 11) is 0. The molecule has 9 nitrogen and oxygen atoms in total. The van der Waals surface area contributed by atoms with Crippen LogP contribution in [0.2, 0.25) is 0 Å². The number of nitrogens with zero attached hydrogens (tertiary/aromatic N) is 6. The third-order valence-corrected chi connectivity index (χ3v) is 8.07. The molecule has 0 radical (unpaired) electrons. The van der Waals surface area contributed by atoms with Gasteiger partial charge in [-0.25, -0.2) is 18.3 Å². The number of nitrogens with one attached hydrogen (secondary N) is 1. The van der Waals surface area contributed by atoms with E-state index in [2.05, 4.69) is 39.2 Å². The van der Waals surface area contributed by atoms with E-state index in [0.29, 0.717) is 17.5 Å². The van der Waals surface area contributed by atoms with Gasteiger partial charge in [-0.1, -0.05) is 13.8 Å². The first-order valence-corrected chi connectivity index (χ1v) is 12.7. The van der Waals surface area contributed by atoms with Crippen molar-refractivity contribution in [3.8, 4) is 0 Å². The van der Waals surface area contributed by atoms with E-state index in [0.717, 1.165) is 57.8 Å². The van der Waals surface area contributed by atoms with Crippen molar-refractivity contribution in [3.63, 3.8) is 0 Å². The molecule has 6 rings (SSSR count). The van der Waals surface area contributed by atoms with Gasteiger partial charge in [-0.15, -0.1) is 0 Å². The number of carbonyl (C=O) groups is 1. The molecule has 5 heterocycles. The Morgan fingerprint density at radius 2 is 1.94 bits per heavy atom. The minimum absolute atomic E-state index is 0.0335. The lowest BCUT2D eigenvalue weighted by Crippen LogP contribution is -2.66. The summed E-state index contributed by atoms with van der Waals surface area (Å²) in [5.74, 6) is 1.49. The van der Waals surface area contributed by atoms with Crippen LogP contribution in [0.1, 0.15) is 68.0 Å². The van der Waals surface area contributed by atoms with Gasteiger partial charge in [-0.05, 0) is 43.6 Å². The monoisotopic (exact) mass is 499 g/mol. The predicted molar refractivity (Wildman–Crippen MR) is 129 cm³/mol. The summed E-state index contributed by atoms with van der Waals surface area (Å²) >= 11 is 0. The van der Waals surface area contributed by atoms with Crippen molar-refractivity contribution < 1.29 is 18.3 Å². The highest BCUT2D eigenvalue weighted by molar-refractivity contribution is 6.08. The number of aromatic nitrogens is 5. The van der Waals surface area contributed by atoms with E-state index in [4.69, 9.17) is 4.74 Å². The number of anilines is 2. The fourth-order valence-corrected chi connectivity index (χ4v) is 5.77. The standard InChI is InChI=1S/C25H31F2N7O2/c1-15(2)16-3-5-17(6-4-16)34-10-19(21(31-34)22(26)27)29-24(35)18-9-28-33-8-7-20(30-23(18)33)32-11-25(12-32)13-36-14-25/h7-10,15-17,22H,3-6,11-14H2,1-2H3,(H,29,35). The Bertz CT molecular complexity index is 1270. The Morgan fingerprint density at radius 3 is 2.58 bits per heavy atom. The van der Waals surface area contributed by atoms with E-state index < -0.39 is 18.0 Å². The van der Waals surface area contributed by atoms with Crippen LogP contribution < -0.4 is 10.2 Å². The smallest absolute Gasteiger partial charge is 0.284 e. The molecule has 11 heteroatoms. The van der Waals surface area contributed by atoms with Gasteiger partial charge in [0.15, 0.2) is 11.3 Å². The number of ether oxygens (including phenoxy) is 1. The highest BCUT2D eigenvalue weighted by Gasteiger charge is 2.49. The Balaban J connectivity index is 1.20. The second-order valence-corrected chi connectivity index (χ2v) is 10.9. The number of hydrogen-bond donors (Lipinski definition) is 1. The van der Waals surface area contributed by atoms with E-state index in [1.54, 1.807) is 17.1 Å².